The summed E-state index contributed by atoms with van der Waals surface area (Å²) in [5.41, 5.74) is 8.25. The molecule has 0 bridgehead atoms. The molecule has 0 spiro atoms. The van der Waals surface area contributed by atoms with Crippen molar-refractivity contribution >= 4 is 110 Å². The third kappa shape index (κ3) is 6.97. The number of aromatic amines is 1. The fourth-order valence-corrected chi connectivity index (χ4v) is 18.2. The minimum Gasteiger partial charge on any atom is -0.368 e. The minimum atomic E-state index is -1.73. The summed E-state index contributed by atoms with van der Waals surface area (Å²) in [7, 11) is -4.79. The minimum absolute atomic E-state index is 0.274. The number of H-pyrrole nitrogens is 1. The summed E-state index contributed by atoms with van der Waals surface area (Å²) < 4.78 is 4.91. The van der Waals surface area contributed by atoms with Crippen molar-refractivity contribution in [3.8, 4) is 0 Å². The van der Waals surface area contributed by atoms with E-state index in [1.165, 1.54) is 43.6 Å². The molecule has 51 heavy (non-hydrogen) atoms. The highest BCUT2D eigenvalue weighted by molar-refractivity contribution is 9.10. The van der Waals surface area contributed by atoms with Gasteiger partial charge < -0.3 is 9.22 Å². The van der Waals surface area contributed by atoms with Gasteiger partial charge in [-0.2, -0.15) is 0 Å². The van der Waals surface area contributed by atoms with Gasteiger partial charge in [0.1, 0.15) is 0 Å². The lowest BCUT2D eigenvalue weighted by Crippen LogP contribution is -2.50. The molecule has 0 unspecified atom stereocenters. The smallest absolute Gasteiger partial charge is 0.161 e. The highest BCUT2D eigenvalue weighted by atomic mass is 79.9. The number of halogens is 2. The quantitative estimate of drug-likeness (QED) is 0.154. The van der Waals surface area contributed by atoms with Crippen molar-refractivity contribution in [1.82, 2.24) is 9.22 Å². The van der Waals surface area contributed by atoms with E-state index in [0.717, 1.165) is 31.1 Å². The van der Waals surface area contributed by atoms with Gasteiger partial charge in [0.15, 0.2) is 8.24 Å². The first kappa shape index (κ1) is 40.3. The van der Waals surface area contributed by atoms with Crippen molar-refractivity contribution in [3.63, 3.8) is 0 Å². The van der Waals surface area contributed by atoms with Gasteiger partial charge in [0, 0.05) is 52.6 Å². The van der Waals surface area contributed by atoms with Gasteiger partial charge in [-0.3, -0.25) is 0 Å². The number of rotatable bonds is 7. The molecule has 0 aliphatic heterocycles. The lowest BCUT2D eigenvalue weighted by atomic mass is 10.1. The summed E-state index contributed by atoms with van der Waals surface area (Å²) in [4.78, 5) is 3.80. The normalized spacial score (nSPS) is 13.5. The zero-order valence-corrected chi connectivity index (χ0v) is 40.1. The summed E-state index contributed by atoms with van der Waals surface area (Å²) in [6, 6.07) is 27.8. The first-order valence-electron chi connectivity index (χ1n) is 19.0. The third-order valence-electron chi connectivity index (χ3n) is 13.7. The summed E-state index contributed by atoms with van der Waals surface area (Å²) in [6.45, 7) is 36.5. The zero-order valence-electron chi connectivity index (χ0n) is 33.9. The molecule has 1 N–H and O–H groups in total. The molecule has 0 saturated carbocycles. The lowest BCUT2D eigenvalue weighted by molar-refractivity contribution is 0.705. The predicted molar refractivity (Wildman–Crippen MR) is 246 cm³/mol. The van der Waals surface area contributed by atoms with Crippen molar-refractivity contribution in [2.24, 2.45) is 0 Å². The van der Waals surface area contributed by atoms with E-state index in [2.05, 4.69) is 216 Å². The van der Waals surface area contributed by atoms with Crippen LogP contribution in [-0.4, -0.2) is 33.6 Å². The summed E-state index contributed by atoms with van der Waals surface area (Å²) >= 11 is 7.30. The second-order valence-electron chi connectivity index (χ2n) is 18.3. The Morgan fingerprint density at radius 2 is 0.843 bits per heavy atom. The zero-order chi connectivity index (χ0) is 38.0. The molecule has 7 heteroatoms. The molecule has 0 saturated heterocycles. The first-order chi connectivity index (χ1) is 23.6. The number of hydrogen-bond acceptors (Lipinski definition) is 0. The highest BCUT2D eigenvalue weighted by Crippen LogP contribution is 2.43. The summed E-state index contributed by atoms with van der Waals surface area (Å²) in [5, 5.41) is 8.88. The Bertz CT molecular complexity index is 2040. The third-order valence-corrected chi connectivity index (χ3v) is 32.7. The molecular weight excluding hydrogens is 801 g/mol. The maximum Gasteiger partial charge on any atom is 0.161 e. The molecular formula is C44H62Br2N2Si3. The van der Waals surface area contributed by atoms with Gasteiger partial charge >= 0.3 is 0 Å². The number of fused-ring (bicyclic) bond motifs is 6. The molecule has 2 nitrogen and oxygen atoms in total. The average Bonchev–Trinajstić information content (AvgIpc) is 3.56. The van der Waals surface area contributed by atoms with Crippen LogP contribution in [0.15, 0.2) is 81.7 Å². The Hall–Kier alpha value is -1.91. The SMILES string of the molecule is CC(C)(C)[Si](C)(C)n1c2cc(Br)ccc2c2ccc(Br)cc21.CC(C)[Si](C)(c1ccc2c(c1)[nH]c1cc([Si](C)(C(C)C)C(C)C)ccc12)C(C)C. The number of nitrogens with one attached hydrogen (secondary N) is 1. The van der Waals surface area contributed by atoms with Crippen LogP contribution in [0.2, 0.25) is 53.4 Å². The maximum absolute atomic E-state index is 3.80. The van der Waals surface area contributed by atoms with Crippen molar-refractivity contribution < 1.29 is 0 Å². The predicted octanol–water partition coefficient (Wildman–Crippen LogP) is 14.7. The molecule has 6 rings (SSSR count). The molecule has 2 heterocycles. The fraction of sp³-hybridized carbons (Fsp3) is 0.455. The molecule has 0 aliphatic rings. The average molecular weight is 863 g/mol. The van der Waals surface area contributed by atoms with Crippen LogP contribution < -0.4 is 10.4 Å². The Morgan fingerprint density at radius 3 is 1.16 bits per heavy atom. The number of hydrogen-bond donors (Lipinski definition) is 1. The largest absolute Gasteiger partial charge is 0.368 e. The Labute approximate surface area is 328 Å². The molecule has 6 aromatic rings. The van der Waals surface area contributed by atoms with E-state index >= 15 is 0 Å². The van der Waals surface area contributed by atoms with Crippen molar-refractivity contribution in [2.45, 2.75) is 130 Å². The summed E-state index contributed by atoms with van der Waals surface area (Å²) in [6.07, 6.45) is 0. The van der Waals surface area contributed by atoms with Crippen LogP contribution in [0.4, 0.5) is 0 Å². The Balaban J connectivity index is 0.000000205. The van der Waals surface area contributed by atoms with E-state index in [9.17, 15) is 0 Å². The van der Waals surface area contributed by atoms with Crippen LogP contribution in [0.3, 0.4) is 0 Å². The molecule has 0 aliphatic carbocycles. The standard InChI is InChI=1S/C26H41NSi2.C18H21Br2NSi/c1-17(2)28(9,18(3)4)21-11-13-23-24-14-12-22(16-26(24)27-25(23)15-21)29(10,19(5)6)20(7)8;1-18(2,3)22(4,5)21-16-10-12(19)6-8-14(16)15-9-7-13(20)11-17(15)21/h11-20,27H,1-10H3;6-11H,1-5H3. The van der Waals surface area contributed by atoms with E-state index in [1.807, 2.05) is 0 Å². The number of benzene rings is 4. The molecule has 274 valence electrons. The van der Waals surface area contributed by atoms with Crippen LogP contribution in [0, 0.1) is 0 Å². The van der Waals surface area contributed by atoms with Gasteiger partial charge in [-0.1, -0.05) is 181 Å². The van der Waals surface area contributed by atoms with Crippen LogP contribution in [0.5, 0.6) is 0 Å². The summed E-state index contributed by atoms with van der Waals surface area (Å²) in [5.74, 6) is 0. The van der Waals surface area contributed by atoms with E-state index in [1.54, 1.807) is 10.4 Å². The highest BCUT2D eigenvalue weighted by Gasteiger charge is 2.40. The van der Waals surface area contributed by atoms with Gasteiger partial charge in [-0.05, 0) is 63.6 Å². The molecule has 2 aromatic heterocycles. The van der Waals surface area contributed by atoms with Crippen molar-refractivity contribution in [1.29, 1.82) is 0 Å². The monoisotopic (exact) mass is 860 g/mol. The molecule has 4 aromatic carbocycles. The topological polar surface area (TPSA) is 20.7 Å². The number of aromatic nitrogens is 2. The second-order valence-corrected chi connectivity index (χ2v) is 36.1. The van der Waals surface area contributed by atoms with Crippen LogP contribution in [0.25, 0.3) is 43.6 Å². The molecule has 0 fully saturated rings. The van der Waals surface area contributed by atoms with Gasteiger partial charge in [0.05, 0.1) is 16.1 Å². The first-order valence-corrected chi connectivity index (χ1v) is 28.9. The van der Waals surface area contributed by atoms with Gasteiger partial charge in [0.25, 0.3) is 0 Å². The van der Waals surface area contributed by atoms with Gasteiger partial charge in [-0.15, -0.1) is 0 Å². The molecule has 0 atom stereocenters. The fourth-order valence-electron chi connectivity index (χ4n) is 8.15. The van der Waals surface area contributed by atoms with Crippen LogP contribution in [-0.2, 0) is 0 Å². The van der Waals surface area contributed by atoms with Crippen molar-refractivity contribution in [3.05, 3.63) is 81.7 Å². The second kappa shape index (κ2) is 14.4. The van der Waals surface area contributed by atoms with E-state index in [0.29, 0.717) is 0 Å². The maximum atomic E-state index is 3.80. The molecule has 0 amide bonds. The van der Waals surface area contributed by atoms with E-state index in [4.69, 9.17) is 0 Å². The Morgan fingerprint density at radius 1 is 0.510 bits per heavy atom. The van der Waals surface area contributed by atoms with Crippen molar-refractivity contribution in [2.75, 3.05) is 0 Å². The molecule has 0 radical (unpaired) electrons. The van der Waals surface area contributed by atoms with E-state index < -0.39 is 24.4 Å². The number of nitrogens with zero attached hydrogens (tertiary/aromatic N) is 1. The lowest BCUT2D eigenvalue weighted by Gasteiger charge is -2.39. The van der Waals surface area contributed by atoms with E-state index in [-0.39, 0.29) is 5.04 Å². The van der Waals surface area contributed by atoms with Gasteiger partial charge in [-0.25, -0.2) is 0 Å². The van der Waals surface area contributed by atoms with Crippen LogP contribution in [0.1, 0.15) is 76.2 Å². The van der Waals surface area contributed by atoms with Gasteiger partial charge in [0.2, 0.25) is 0 Å². The van der Waals surface area contributed by atoms with Crippen LogP contribution >= 0.6 is 31.9 Å². The Kier molecular flexibility index (Phi) is 11.4.